The van der Waals surface area contributed by atoms with Crippen molar-refractivity contribution in [3.05, 3.63) is 23.8 Å². The minimum absolute atomic E-state index is 0.400. The summed E-state index contributed by atoms with van der Waals surface area (Å²) in [5.74, 6) is 0.987. The predicted octanol–water partition coefficient (Wildman–Crippen LogP) is 4.16. The molecule has 0 fully saturated rings. The van der Waals surface area contributed by atoms with Gasteiger partial charge >= 0.3 is 0 Å². The van der Waals surface area contributed by atoms with Crippen molar-refractivity contribution in [2.24, 2.45) is 0 Å². The van der Waals surface area contributed by atoms with Crippen LogP contribution in [-0.2, 0) is 0 Å². The van der Waals surface area contributed by atoms with Gasteiger partial charge in [-0.3, -0.25) is 0 Å². The zero-order valence-electron chi connectivity index (χ0n) is 9.36. The number of unbranched alkanes of at least 4 members (excludes halogenated alkanes) is 1. The van der Waals surface area contributed by atoms with E-state index in [0.29, 0.717) is 16.9 Å². The van der Waals surface area contributed by atoms with Crippen molar-refractivity contribution in [3.8, 4) is 5.75 Å². The molecule has 0 aromatic heterocycles. The molecule has 0 saturated carbocycles. The third-order valence-electron chi connectivity index (χ3n) is 3.16. The van der Waals surface area contributed by atoms with Crippen molar-refractivity contribution in [1.29, 1.82) is 0 Å². The maximum absolute atomic E-state index is 9.47. The van der Waals surface area contributed by atoms with Crippen molar-refractivity contribution < 1.29 is 5.11 Å². The highest BCUT2D eigenvalue weighted by Gasteiger charge is 2.29. The number of hydrogen-bond acceptors (Lipinski definition) is 2. The van der Waals surface area contributed by atoms with Crippen LogP contribution in [0, 0.1) is 0 Å². The Morgan fingerprint density at radius 1 is 1.40 bits per heavy atom. The van der Waals surface area contributed by atoms with E-state index < -0.39 is 0 Å². The van der Waals surface area contributed by atoms with Crippen LogP contribution in [0.2, 0.25) is 0 Å². The molecule has 0 bridgehead atoms. The van der Waals surface area contributed by atoms with Gasteiger partial charge in [-0.15, -0.1) is 11.8 Å². The van der Waals surface area contributed by atoms with Gasteiger partial charge in [0, 0.05) is 10.1 Å². The van der Waals surface area contributed by atoms with Crippen molar-refractivity contribution in [1.82, 2.24) is 0 Å². The number of hydrogen-bond donors (Lipinski definition) is 1. The van der Waals surface area contributed by atoms with Gasteiger partial charge in [0.2, 0.25) is 0 Å². The molecule has 0 amide bonds. The normalized spacial score (nSPS) is 24.1. The predicted molar refractivity (Wildman–Crippen MR) is 65.7 cm³/mol. The van der Waals surface area contributed by atoms with Crippen LogP contribution in [0.3, 0.4) is 0 Å². The summed E-state index contributed by atoms with van der Waals surface area (Å²) in [6, 6.07) is 5.78. The van der Waals surface area contributed by atoms with Gasteiger partial charge in [-0.25, -0.2) is 0 Å². The fraction of sp³-hybridized carbons (Fsp3) is 0.538. The summed E-state index contributed by atoms with van der Waals surface area (Å²) in [6.45, 7) is 4.52. The van der Waals surface area contributed by atoms with Crippen LogP contribution in [-0.4, -0.2) is 10.4 Å². The van der Waals surface area contributed by atoms with Gasteiger partial charge < -0.3 is 5.11 Å². The number of fused-ring (bicyclic) bond motifs is 1. The Hall–Kier alpha value is -0.630. The second-order valence-electron chi connectivity index (χ2n) is 4.31. The van der Waals surface area contributed by atoms with Crippen LogP contribution in [0.5, 0.6) is 5.75 Å². The minimum atomic E-state index is 0.400. The standard InChI is InChI=1S/C13H18OS/c1-3-4-5-12-9(2)11-8-10(14)6-7-13(11)15-12/h6-9,12,14H,3-5H2,1-2H3. The lowest BCUT2D eigenvalue weighted by Crippen LogP contribution is -2.06. The monoisotopic (exact) mass is 222 g/mol. The average Bonchev–Trinajstić information content (AvgIpc) is 2.53. The SMILES string of the molecule is CCCCC1Sc2ccc(O)cc2C1C. The van der Waals surface area contributed by atoms with E-state index in [9.17, 15) is 5.11 Å². The Balaban J connectivity index is 2.14. The van der Waals surface area contributed by atoms with Crippen LogP contribution >= 0.6 is 11.8 Å². The largest absolute Gasteiger partial charge is 0.508 e. The molecule has 1 nitrogen and oxygen atoms in total. The summed E-state index contributed by atoms with van der Waals surface area (Å²) < 4.78 is 0. The molecule has 1 heterocycles. The van der Waals surface area contributed by atoms with E-state index in [2.05, 4.69) is 19.9 Å². The zero-order valence-corrected chi connectivity index (χ0v) is 10.2. The first-order chi connectivity index (χ1) is 7.22. The van der Waals surface area contributed by atoms with Crippen LogP contribution in [0.1, 0.15) is 44.6 Å². The fourth-order valence-electron chi connectivity index (χ4n) is 2.18. The molecule has 82 valence electrons. The first-order valence-corrected chi connectivity index (χ1v) is 6.60. The third-order valence-corrected chi connectivity index (χ3v) is 4.73. The molecule has 1 N–H and O–H groups in total. The van der Waals surface area contributed by atoms with Crippen molar-refractivity contribution in [2.75, 3.05) is 0 Å². The van der Waals surface area contributed by atoms with Gasteiger partial charge in [-0.2, -0.15) is 0 Å². The number of aromatic hydroxyl groups is 1. The maximum Gasteiger partial charge on any atom is 0.115 e. The lowest BCUT2D eigenvalue weighted by Gasteiger charge is -2.13. The summed E-state index contributed by atoms with van der Waals surface area (Å²) in [7, 11) is 0. The molecule has 1 aliphatic rings. The Morgan fingerprint density at radius 3 is 2.93 bits per heavy atom. The Bertz CT molecular complexity index is 348. The van der Waals surface area contributed by atoms with Gasteiger partial charge in [-0.1, -0.05) is 26.7 Å². The molecule has 0 aliphatic carbocycles. The van der Waals surface area contributed by atoms with Crippen LogP contribution in [0.25, 0.3) is 0 Å². The van der Waals surface area contributed by atoms with Gasteiger partial charge in [0.05, 0.1) is 0 Å². The van der Waals surface area contributed by atoms with Crippen molar-refractivity contribution in [3.63, 3.8) is 0 Å². The van der Waals surface area contributed by atoms with Crippen LogP contribution < -0.4 is 0 Å². The van der Waals surface area contributed by atoms with E-state index in [-0.39, 0.29) is 0 Å². The average molecular weight is 222 g/mol. The van der Waals surface area contributed by atoms with Crippen molar-refractivity contribution in [2.45, 2.75) is 49.2 Å². The highest BCUT2D eigenvalue weighted by molar-refractivity contribution is 8.00. The number of phenolic OH excluding ortho intramolecular Hbond substituents is 1. The minimum Gasteiger partial charge on any atom is -0.508 e. The summed E-state index contributed by atoms with van der Waals surface area (Å²) in [4.78, 5) is 1.36. The van der Waals surface area contributed by atoms with E-state index in [1.165, 1.54) is 29.7 Å². The van der Waals surface area contributed by atoms with E-state index in [4.69, 9.17) is 0 Å². The maximum atomic E-state index is 9.47. The second-order valence-corrected chi connectivity index (χ2v) is 5.59. The summed E-state index contributed by atoms with van der Waals surface area (Å²) in [6.07, 6.45) is 3.87. The van der Waals surface area contributed by atoms with E-state index in [0.717, 1.165) is 0 Å². The molecule has 2 unspecified atom stereocenters. The molecular weight excluding hydrogens is 204 g/mol. The second kappa shape index (κ2) is 4.48. The molecule has 2 atom stereocenters. The Morgan fingerprint density at radius 2 is 2.20 bits per heavy atom. The summed E-state index contributed by atoms with van der Waals surface area (Å²) in [5.41, 5.74) is 1.33. The van der Waals surface area contributed by atoms with Gasteiger partial charge in [-0.05, 0) is 36.1 Å². The quantitative estimate of drug-likeness (QED) is 0.828. The smallest absolute Gasteiger partial charge is 0.115 e. The molecule has 0 spiro atoms. The number of rotatable bonds is 3. The molecule has 1 aliphatic heterocycles. The fourth-order valence-corrected chi connectivity index (χ4v) is 3.67. The first-order valence-electron chi connectivity index (χ1n) is 5.72. The van der Waals surface area contributed by atoms with Crippen LogP contribution in [0.15, 0.2) is 23.1 Å². The lowest BCUT2D eigenvalue weighted by atomic mass is 9.95. The van der Waals surface area contributed by atoms with Gasteiger partial charge in [0.15, 0.2) is 0 Å². The van der Waals surface area contributed by atoms with Gasteiger partial charge in [0.1, 0.15) is 5.75 Å². The Kier molecular flexibility index (Phi) is 3.25. The summed E-state index contributed by atoms with van der Waals surface area (Å²) >= 11 is 1.98. The number of benzene rings is 1. The van der Waals surface area contributed by atoms with E-state index >= 15 is 0 Å². The van der Waals surface area contributed by atoms with E-state index in [1.54, 1.807) is 6.07 Å². The molecule has 0 radical (unpaired) electrons. The van der Waals surface area contributed by atoms with Crippen molar-refractivity contribution >= 4 is 11.8 Å². The molecule has 2 rings (SSSR count). The molecule has 2 heteroatoms. The lowest BCUT2D eigenvalue weighted by molar-refractivity contribution is 0.473. The highest BCUT2D eigenvalue weighted by Crippen LogP contribution is 2.47. The molecular formula is C13H18OS. The first kappa shape index (κ1) is 10.9. The molecule has 1 aromatic carbocycles. The molecule has 0 saturated heterocycles. The van der Waals surface area contributed by atoms with Gasteiger partial charge in [0.25, 0.3) is 0 Å². The molecule has 1 aromatic rings. The summed E-state index contributed by atoms with van der Waals surface area (Å²) in [5, 5.41) is 10.2. The van der Waals surface area contributed by atoms with Crippen LogP contribution in [0.4, 0.5) is 0 Å². The van der Waals surface area contributed by atoms with E-state index in [1.807, 2.05) is 17.8 Å². The third kappa shape index (κ3) is 2.15. The Labute approximate surface area is 95.9 Å². The number of phenols is 1. The zero-order chi connectivity index (χ0) is 10.8. The topological polar surface area (TPSA) is 20.2 Å². The highest BCUT2D eigenvalue weighted by atomic mass is 32.2. The molecule has 15 heavy (non-hydrogen) atoms. The number of thioether (sulfide) groups is 1.